The maximum atomic E-state index is 12.2. The first-order valence-electron chi connectivity index (χ1n) is 9.11. The maximum Gasteiger partial charge on any atom is 0.223 e. The van der Waals surface area contributed by atoms with Gasteiger partial charge in [0.2, 0.25) is 5.91 Å². The number of benzene rings is 1. The molecule has 1 amide bonds. The van der Waals surface area contributed by atoms with Crippen LogP contribution in [0.4, 0.5) is 5.69 Å². The largest absolute Gasteiger partial charge is 0.356 e. The van der Waals surface area contributed by atoms with Crippen LogP contribution in [0.1, 0.15) is 44.6 Å². The molecule has 25 heavy (non-hydrogen) atoms. The van der Waals surface area contributed by atoms with Crippen LogP contribution in [0, 0.1) is 12.8 Å². The van der Waals surface area contributed by atoms with E-state index in [9.17, 15) is 4.79 Å². The van der Waals surface area contributed by atoms with Gasteiger partial charge < -0.3 is 15.5 Å². The van der Waals surface area contributed by atoms with E-state index in [1.807, 2.05) is 25.1 Å². The molecule has 1 saturated heterocycles. The highest BCUT2D eigenvalue weighted by Gasteiger charge is 2.26. The fraction of sp³-hybridized carbons (Fsp3) is 0.579. The lowest BCUT2D eigenvalue weighted by Crippen LogP contribution is -2.44. The molecule has 1 aliphatic heterocycles. The minimum Gasteiger partial charge on any atom is -0.356 e. The molecule has 0 radical (unpaired) electrons. The lowest BCUT2D eigenvalue weighted by atomic mass is 9.96. The number of carbonyl (C=O) groups is 1. The molecule has 2 rings (SSSR count). The Morgan fingerprint density at radius 2 is 2.04 bits per heavy atom. The molecule has 0 aliphatic carbocycles. The summed E-state index contributed by atoms with van der Waals surface area (Å²) in [7, 11) is 0. The van der Waals surface area contributed by atoms with Gasteiger partial charge in [-0.1, -0.05) is 37.4 Å². The molecule has 1 aliphatic rings. The number of unbranched alkanes of at least 4 members (excludes halogenated alkanes) is 2. The Kier molecular flexibility index (Phi) is 7.97. The van der Waals surface area contributed by atoms with Crippen LogP contribution in [0.15, 0.2) is 18.2 Å². The first-order valence-corrected chi connectivity index (χ1v) is 9.90. The van der Waals surface area contributed by atoms with Crippen molar-refractivity contribution < 1.29 is 4.79 Å². The summed E-state index contributed by atoms with van der Waals surface area (Å²) in [5.74, 6) is 0.300. The number of hydrogen-bond donors (Lipinski definition) is 2. The SMILES string of the molecule is CCCCCNC(=O)C1CCN(C(=S)Nc2cccc(Cl)c2C)CC1. The fourth-order valence-electron chi connectivity index (χ4n) is 3.01. The van der Waals surface area contributed by atoms with Crippen LogP contribution in [0.2, 0.25) is 5.02 Å². The number of likely N-dealkylation sites (tertiary alicyclic amines) is 1. The van der Waals surface area contributed by atoms with Gasteiger partial charge in [0.1, 0.15) is 0 Å². The Labute approximate surface area is 161 Å². The lowest BCUT2D eigenvalue weighted by molar-refractivity contribution is -0.126. The Hall–Kier alpha value is -1.33. The van der Waals surface area contributed by atoms with Gasteiger partial charge in [-0.15, -0.1) is 0 Å². The van der Waals surface area contributed by atoms with Gasteiger partial charge in [-0.3, -0.25) is 4.79 Å². The number of amides is 1. The van der Waals surface area contributed by atoms with Gasteiger partial charge in [0.15, 0.2) is 5.11 Å². The van der Waals surface area contributed by atoms with E-state index in [-0.39, 0.29) is 11.8 Å². The molecule has 6 heteroatoms. The Morgan fingerprint density at radius 1 is 1.32 bits per heavy atom. The van der Waals surface area contributed by atoms with Crippen LogP contribution in [-0.2, 0) is 4.79 Å². The van der Waals surface area contributed by atoms with E-state index in [0.29, 0.717) is 5.11 Å². The zero-order valence-electron chi connectivity index (χ0n) is 15.1. The summed E-state index contributed by atoms with van der Waals surface area (Å²) in [5.41, 5.74) is 1.93. The summed E-state index contributed by atoms with van der Waals surface area (Å²) in [6, 6.07) is 5.76. The molecule has 1 aromatic rings. The third-order valence-electron chi connectivity index (χ3n) is 4.74. The molecule has 1 aromatic carbocycles. The topological polar surface area (TPSA) is 44.4 Å². The average molecular weight is 382 g/mol. The van der Waals surface area contributed by atoms with E-state index < -0.39 is 0 Å². The second kappa shape index (κ2) is 9.97. The molecular formula is C19H28ClN3OS. The molecular weight excluding hydrogens is 354 g/mol. The number of anilines is 1. The van der Waals surface area contributed by atoms with Crippen LogP contribution in [0.25, 0.3) is 0 Å². The van der Waals surface area contributed by atoms with Crippen molar-refractivity contribution in [3.8, 4) is 0 Å². The Morgan fingerprint density at radius 3 is 2.72 bits per heavy atom. The maximum absolute atomic E-state index is 12.2. The van der Waals surface area contributed by atoms with Gasteiger partial charge in [0.25, 0.3) is 0 Å². The molecule has 0 saturated carbocycles. The second-order valence-electron chi connectivity index (χ2n) is 6.60. The second-order valence-corrected chi connectivity index (χ2v) is 7.40. The molecule has 1 heterocycles. The number of rotatable bonds is 6. The van der Waals surface area contributed by atoms with Crippen LogP contribution < -0.4 is 10.6 Å². The molecule has 4 nitrogen and oxygen atoms in total. The van der Waals surface area contributed by atoms with Gasteiger partial charge in [-0.2, -0.15) is 0 Å². The van der Waals surface area contributed by atoms with E-state index in [1.54, 1.807) is 0 Å². The third-order valence-corrected chi connectivity index (χ3v) is 5.51. The van der Waals surface area contributed by atoms with Gasteiger partial charge in [0, 0.05) is 36.3 Å². The van der Waals surface area contributed by atoms with E-state index >= 15 is 0 Å². The highest BCUT2D eigenvalue weighted by atomic mass is 35.5. The number of piperidine rings is 1. The standard InChI is InChI=1S/C19H28ClN3OS/c1-3-4-5-11-21-18(24)15-9-12-23(13-10-15)19(25)22-17-8-6-7-16(20)14(17)2/h6-8,15H,3-5,9-13H2,1-2H3,(H,21,24)(H,22,25). The van der Waals surface area contributed by atoms with Crippen LogP contribution in [-0.4, -0.2) is 35.6 Å². The zero-order chi connectivity index (χ0) is 18.2. The van der Waals surface area contributed by atoms with Crippen molar-refractivity contribution >= 4 is 40.5 Å². The summed E-state index contributed by atoms with van der Waals surface area (Å²) in [4.78, 5) is 14.4. The van der Waals surface area contributed by atoms with Crippen LogP contribution in [0.5, 0.6) is 0 Å². The van der Waals surface area contributed by atoms with Crippen molar-refractivity contribution in [1.82, 2.24) is 10.2 Å². The van der Waals surface area contributed by atoms with Gasteiger partial charge in [-0.25, -0.2) is 0 Å². The average Bonchev–Trinajstić information content (AvgIpc) is 2.62. The van der Waals surface area contributed by atoms with E-state index in [1.165, 1.54) is 12.8 Å². The monoisotopic (exact) mass is 381 g/mol. The Balaban J connectivity index is 1.78. The van der Waals surface area contributed by atoms with Gasteiger partial charge in [0.05, 0.1) is 0 Å². The quantitative estimate of drug-likeness (QED) is 0.567. The predicted molar refractivity (Wildman–Crippen MR) is 109 cm³/mol. The van der Waals surface area contributed by atoms with Crippen molar-refractivity contribution in [3.05, 3.63) is 28.8 Å². The summed E-state index contributed by atoms with van der Waals surface area (Å²) in [6.45, 7) is 6.54. The van der Waals surface area contributed by atoms with Crippen LogP contribution >= 0.6 is 23.8 Å². The fourth-order valence-corrected chi connectivity index (χ4v) is 3.48. The normalized spacial score (nSPS) is 15.1. The molecule has 0 aromatic heterocycles. The van der Waals surface area contributed by atoms with Crippen molar-refractivity contribution in [2.24, 2.45) is 5.92 Å². The predicted octanol–water partition coefficient (Wildman–Crippen LogP) is 4.36. The summed E-state index contributed by atoms with van der Waals surface area (Å²) >= 11 is 11.7. The minimum absolute atomic E-state index is 0.105. The first kappa shape index (κ1) is 20.0. The summed E-state index contributed by atoms with van der Waals surface area (Å²) in [5, 5.41) is 7.78. The molecule has 0 unspecified atom stereocenters. The molecule has 0 atom stereocenters. The highest BCUT2D eigenvalue weighted by molar-refractivity contribution is 7.80. The summed E-state index contributed by atoms with van der Waals surface area (Å²) < 4.78 is 0. The highest BCUT2D eigenvalue weighted by Crippen LogP contribution is 2.24. The number of nitrogens with one attached hydrogen (secondary N) is 2. The van der Waals surface area contributed by atoms with Gasteiger partial charge >= 0.3 is 0 Å². The lowest BCUT2D eigenvalue weighted by Gasteiger charge is -2.33. The minimum atomic E-state index is 0.105. The molecule has 0 spiro atoms. The zero-order valence-corrected chi connectivity index (χ0v) is 16.7. The van der Waals surface area contributed by atoms with E-state index in [4.69, 9.17) is 23.8 Å². The molecule has 138 valence electrons. The smallest absolute Gasteiger partial charge is 0.223 e. The number of thiocarbonyl (C=S) groups is 1. The first-order chi connectivity index (χ1) is 12.0. The number of nitrogens with zero attached hydrogens (tertiary/aromatic N) is 1. The number of halogens is 1. The molecule has 2 N–H and O–H groups in total. The van der Waals surface area contributed by atoms with Crippen molar-refractivity contribution in [2.45, 2.75) is 46.0 Å². The van der Waals surface area contributed by atoms with E-state index in [2.05, 4.69) is 22.5 Å². The molecule has 0 bridgehead atoms. The van der Waals surface area contributed by atoms with Gasteiger partial charge in [-0.05, 0) is 56.1 Å². The number of carbonyl (C=O) groups excluding carboxylic acids is 1. The van der Waals surface area contributed by atoms with Crippen LogP contribution in [0.3, 0.4) is 0 Å². The summed E-state index contributed by atoms with van der Waals surface area (Å²) in [6.07, 6.45) is 5.09. The van der Waals surface area contributed by atoms with Crippen molar-refractivity contribution in [1.29, 1.82) is 0 Å². The number of hydrogen-bond acceptors (Lipinski definition) is 2. The Bertz CT molecular complexity index is 600. The molecule has 1 fully saturated rings. The van der Waals surface area contributed by atoms with Crippen molar-refractivity contribution in [3.63, 3.8) is 0 Å². The third kappa shape index (κ3) is 5.86. The van der Waals surface area contributed by atoms with Crippen molar-refractivity contribution in [2.75, 3.05) is 25.0 Å². The van der Waals surface area contributed by atoms with E-state index in [0.717, 1.165) is 55.2 Å².